The number of hydrogen-bond donors (Lipinski definition) is 5. The summed E-state index contributed by atoms with van der Waals surface area (Å²) in [5.41, 5.74) is 0. The van der Waals surface area contributed by atoms with E-state index in [1.807, 2.05) is 24.3 Å². The van der Waals surface area contributed by atoms with E-state index < -0.39 is 37.3 Å². The molecule has 2 aromatic rings. The smallest absolute Gasteiger partial charge is 0.229 e. The van der Waals surface area contributed by atoms with Crippen LogP contribution in [-0.4, -0.2) is 102 Å². The highest BCUT2D eigenvalue weighted by Gasteiger charge is 2.44. The zero-order valence-corrected chi connectivity index (χ0v) is 17.6. The number of fused-ring (bicyclic) bond motifs is 1. The fourth-order valence-electron chi connectivity index (χ4n) is 3.36. The van der Waals surface area contributed by atoms with Crippen LogP contribution in [0.5, 0.6) is 11.5 Å². The average Bonchev–Trinajstić information content (AvgIpc) is 2.82. The van der Waals surface area contributed by atoms with Gasteiger partial charge < -0.3 is 49.2 Å². The second-order valence-electron chi connectivity index (χ2n) is 7.22. The first-order chi connectivity index (χ1) is 15.6. The second kappa shape index (κ2) is 12.3. The van der Waals surface area contributed by atoms with Crippen LogP contribution in [0, 0.1) is 0 Å². The molecule has 5 atom stereocenters. The number of aliphatic hydroxyl groups is 5. The Kier molecular flexibility index (Phi) is 9.45. The number of aliphatic hydroxyl groups excluding tert-OH is 5. The minimum absolute atomic E-state index is 0.0215. The van der Waals surface area contributed by atoms with Gasteiger partial charge in [0, 0.05) is 10.8 Å². The summed E-state index contributed by atoms with van der Waals surface area (Å²) in [6.45, 7) is 1.20. The third-order valence-corrected chi connectivity index (χ3v) is 5.03. The molecule has 178 valence electrons. The monoisotopic (exact) mass is 454 g/mol. The lowest BCUT2D eigenvalue weighted by Crippen LogP contribution is -2.60. The molecule has 10 nitrogen and oxygen atoms in total. The number of ether oxygens (including phenoxy) is 5. The van der Waals surface area contributed by atoms with Crippen LogP contribution in [0.3, 0.4) is 0 Å². The molecule has 0 unspecified atom stereocenters. The van der Waals surface area contributed by atoms with Gasteiger partial charge in [-0.3, -0.25) is 0 Å². The summed E-state index contributed by atoms with van der Waals surface area (Å²) in [5, 5.41) is 49.6. The van der Waals surface area contributed by atoms with Crippen molar-refractivity contribution >= 4 is 10.8 Å². The van der Waals surface area contributed by atoms with Crippen LogP contribution < -0.4 is 9.47 Å². The molecular formula is C22H30O10. The minimum atomic E-state index is -1.52. The molecule has 1 aliphatic heterocycles. The lowest BCUT2D eigenvalue weighted by atomic mass is 9.99. The van der Waals surface area contributed by atoms with Gasteiger partial charge in [0.05, 0.1) is 39.6 Å². The predicted molar refractivity (Wildman–Crippen MR) is 113 cm³/mol. The summed E-state index contributed by atoms with van der Waals surface area (Å²) < 4.78 is 27.6. The molecule has 32 heavy (non-hydrogen) atoms. The van der Waals surface area contributed by atoms with Crippen molar-refractivity contribution in [2.24, 2.45) is 0 Å². The van der Waals surface area contributed by atoms with E-state index in [4.69, 9.17) is 28.8 Å². The van der Waals surface area contributed by atoms with E-state index in [-0.39, 0.29) is 13.2 Å². The van der Waals surface area contributed by atoms with Gasteiger partial charge in [0.1, 0.15) is 42.5 Å². The van der Waals surface area contributed by atoms with Gasteiger partial charge in [-0.15, -0.1) is 0 Å². The Morgan fingerprint density at radius 2 is 1.34 bits per heavy atom. The van der Waals surface area contributed by atoms with Gasteiger partial charge in [-0.2, -0.15) is 0 Å². The molecule has 1 saturated heterocycles. The Balaban J connectivity index is 1.63. The lowest BCUT2D eigenvalue weighted by Gasteiger charge is -2.39. The van der Waals surface area contributed by atoms with Crippen molar-refractivity contribution in [3.8, 4) is 11.5 Å². The maximum Gasteiger partial charge on any atom is 0.229 e. The Hall–Kier alpha value is -2.02. The number of benzene rings is 2. The quantitative estimate of drug-likeness (QED) is 0.264. The van der Waals surface area contributed by atoms with E-state index in [9.17, 15) is 20.4 Å². The van der Waals surface area contributed by atoms with Crippen molar-refractivity contribution in [1.82, 2.24) is 0 Å². The summed E-state index contributed by atoms with van der Waals surface area (Å²) in [5.74, 6) is 0.997. The van der Waals surface area contributed by atoms with Crippen molar-refractivity contribution in [2.45, 2.75) is 30.7 Å². The molecule has 0 aliphatic carbocycles. The fourth-order valence-corrected chi connectivity index (χ4v) is 3.36. The summed E-state index contributed by atoms with van der Waals surface area (Å²) >= 11 is 0. The van der Waals surface area contributed by atoms with E-state index in [0.717, 1.165) is 5.39 Å². The lowest BCUT2D eigenvalue weighted by molar-refractivity contribution is -0.277. The first-order valence-corrected chi connectivity index (χ1v) is 10.4. The molecule has 1 aliphatic rings. The van der Waals surface area contributed by atoms with Crippen molar-refractivity contribution in [1.29, 1.82) is 0 Å². The van der Waals surface area contributed by atoms with E-state index in [2.05, 4.69) is 0 Å². The molecule has 0 saturated carbocycles. The van der Waals surface area contributed by atoms with Crippen LogP contribution in [-0.2, 0) is 14.2 Å². The summed E-state index contributed by atoms with van der Waals surface area (Å²) in [4.78, 5) is 0. The van der Waals surface area contributed by atoms with Gasteiger partial charge in [-0.05, 0) is 12.1 Å². The van der Waals surface area contributed by atoms with Crippen LogP contribution in [0.2, 0.25) is 0 Å². The highest BCUT2D eigenvalue weighted by molar-refractivity contribution is 5.93. The zero-order valence-electron chi connectivity index (χ0n) is 17.6. The highest BCUT2D eigenvalue weighted by Crippen LogP contribution is 2.35. The maximum absolute atomic E-state index is 10.2. The number of rotatable bonds is 12. The molecule has 1 fully saturated rings. The van der Waals surface area contributed by atoms with Crippen LogP contribution in [0.1, 0.15) is 0 Å². The van der Waals surface area contributed by atoms with E-state index in [0.29, 0.717) is 43.3 Å². The van der Waals surface area contributed by atoms with Crippen molar-refractivity contribution < 1.29 is 49.2 Å². The molecule has 2 aromatic carbocycles. The SMILES string of the molecule is OCCOCCOCCOc1ccc(O[C@@H]2O[C@H](CO)[C@H](O)[C@H](O)[C@H]2O)c2ccccc12. The van der Waals surface area contributed by atoms with E-state index >= 15 is 0 Å². The molecule has 0 amide bonds. The molecule has 5 N–H and O–H groups in total. The maximum atomic E-state index is 10.2. The first-order valence-electron chi connectivity index (χ1n) is 10.4. The Labute approximate surface area is 185 Å². The summed E-state index contributed by atoms with van der Waals surface area (Å²) in [6.07, 6.45) is -6.80. The predicted octanol–water partition coefficient (Wildman–Crippen LogP) is -0.577. The molecule has 0 bridgehead atoms. The summed E-state index contributed by atoms with van der Waals surface area (Å²) in [7, 11) is 0. The third-order valence-electron chi connectivity index (χ3n) is 5.03. The average molecular weight is 454 g/mol. The molecule has 10 heteroatoms. The molecule has 3 rings (SSSR count). The van der Waals surface area contributed by atoms with Crippen molar-refractivity contribution in [3.63, 3.8) is 0 Å². The van der Waals surface area contributed by atoms with Gasteiger partial charge in [-0.1, -0.05) is 24.3 Å². The van der Waals surface area contributed by atoms with Crippen LogP contribution >= 0.6 is 0 Å². The van der Waals surface area contributed by atoms with Gasteiger partial charge in [0.2, 0.25) is 6.29 Å². The summed E-state index contributed by atoms with van der Waals surface area (Å²) in [6, 6.07) is 10.7. The van der Waals surface area contributed by atoms with Crippen molar-refractivity contribution in [2.75, 3.05) is 46.2 Å². The van der Waals surface area contributed by atoms with Crippen LogP contribution in [0.15, 0.2) is 36.4 Å². The minimum Gasteiger partial charge on any atom is -0.491 e. The van der Waals surface area contributed by atoms with Crippen LogP contribution in [0.25, 0.3) is 10.8 Å². The second-order valence-corrected chi connectivity index (χ2v) is 7.22. The largest absolute Gasteiger partial charge is 0.491 e. The topological polar surface area (TPSA) is 147 Å². The Morgan fingerprint density at radius 1 is 0.719 bits per heavy atom. The standard InChI is InChI=1S/C22H30O10/c23-7-8-28-9-10-29-11-12-30-16-5-6-17(15-4-2-1-3-14(15)16)31-22-21(27)20(26)19(25)18(13-24)32-22/h1-6,18-27H,7-13H2/t18-,19+,20+,21-,22-/m1/s1. The molecule has 1 heterocycles. The molecular weight excluding hydrogens is 424 g/mol. The normalized spacial score (nSPS) is 25.7. The molecule has 0 radical (unpaired) electrons. The first kappa shape index (κ1) is 24.6. The van der Waals surface area contributed by atoms with Gasteiger partial charge in [-0.25, -0.2) is 0 Å². The third kappa shape index (κ3) is 6.06. The van der Waals surface area contributed by atoms with Gasteiger partial charge in [0.15, 0.2) is 0 Å². The molecule has 0 spiro atoms. The zero-order chi connectivity index (χ0) is 22.9. The molecule has 0 aromatic heterocycles. The van der Waals surface area contributed by atoms with Crippen LogP contribution in [0.4, 0.5) is 0 Å². The van der Waals surface area contributed by atoms with Gasteiger partial charge >= 0.3 is 0 Å². The highest BCUT2D eigenvalue weighted by atomic mass is 16.7. The van der Waals surface area contributed by atoms with Gasteiger partial charge in [0.25, 0.3) is 0 Å². The Bertz CT molecular complexity index is 829. The van der Waals surface area contributed by atoms with E-state index in [1.54, 1.807) is 12.1 Å². The van der Waals surface area contributed by atoms with E-state index in [1.165, 1.54) is 0 Å². The Morgan fingerprint density at radius 3 is 2.03 bits per heavy atom. The number of hydrogen-bond acceptors (Lipinski definition) is 10. The fraction of sp³-hybridized carbons (Fsp3) is 0.545. The van der Waals surface area contributed by atoms with Crippen molar-refractivity contribution in [3.05, 3.63) is 36.4 Å².